The van der Waals surface area contributed by atoms with Crippen LogP contribution in [0.3, 0.4) is 0 Å². The SMILES string of the molecule is C=C(C)/C=C/C(O)C(CCCC)CCC(O)CCC(C)C(O)C/C=C(C)/C=C/C(O)C(C)/C=C/C(=O)O.O=C=O. The van der Waals surface area contributed by atoms with E-state index in [-0.39, 0.29) is 23.9 Å². The fraction of sp³-hybridized carbons (Fsp3) is 0.625. The maximum absolute atomic E-state index is 10.6. The van der Waals surface area contributed by atoms with Crippen molar-refractivity contribution in [3.8, 4) is 0 Å². The van der Waals surface area contributed by atoms with Crippen LogP contribution in [-0.4, -0.2) is 62.1 Å². The van der Waals surface area contributed by atoms with Crippen LogP contribution < -0.4 is 0 Å². The average molecular weight is 565 g/mol. The lowest BCUT2D eigenvalue weighted by Gasteiger charge is -2.23. The first kappa shape index (κ1) is 39.5. The third kappa shape index (κ3) is 22.2. The molecule has 0 bridgehead atoms. The summed E-state index contributed by atoms with van der Waals surface area (Å²) in [5, 5.41) is 50.4. The number of hydrogen-bond donors (Lipinski definition) is 5. The van der Waals surface area contributed by atoms with E-state index in [4.69, 9.17) is 14.7 Å². The molecule has 7 atom stereocenters. The van der Waals surface area contributed by atoms with Gasteiger partial charge in [0.05, 0.1) is 24.4 Å². The van der Waals surface area contributed by atoms with Gasteiger partial charge in [-0.05, 0) is 64.2 Å². The summed E-state index contributed by atoms with van der Waals surface area (Å²) >= 11 is 0. The lowest BCUT2D eigenvalue weighted by atomic mass is 9.88. The standard InChI is InChI=1S/C31H52O6.CO2/c1-7-8-9-26(30(35)18-10-22(2)3)15-17-27(32)16-13-24(5)28(33)19-11-23(4)12-20-29(34)25(6)14-21-31(36)37;2-1-3/h10-12,14,18,20-21,24-30,32-35H,2,7-9,13,15-17,19H2,1,3-6H3,(H,36,37);/b18-10+,20-12+,21-14+,23-11+;. The highest BCUT2D eigenvalue weighted by Gasteiger charge is 2.20. The Labute approximate surface area is 240 Å². The lowest BCUT2D eigenvalue weighted by Crippen LogP contribution is -2.22. The molecule has 0 aliphatic heterocycles. The topological polar surface area (TPSA) is 152 Å². The van der Waals surface area contributed by atoms with Crippen molar-refractivity contribution in [3.63, 3.8) is 0 Å². The Morgan fingerprint density at radius 3 is 1.98 bits per heavy atom. The molecular formula is C32H52O8. The third-order valence-corrected chi connectivity index (χ3v) is 6.79. The fourth-order valence-corrected chi connectivity index (χ4v) is 3.95. The number of allylic oxidation sites excluding steroid dienone is 4. The van der Waals surface area contributed by atoms with Crippen LogP contribution in [0.1, 0.15) is 86.0 Å². The van der Waals surface area contributed by atoms with Gasteiger partial charge in [0.25, 0.3) is 0 Å². The Morgan fingerprint density at radius 2 is 1.43 bits per heavy atom. The molecule has 40 heavy (non-hydrogen) atoms. The molecule has 0 radical (unpaired) electrons. The van der Waals surface area contributed by atoms with Crippen LogP contribution in [0, 0.1) is 17.8 Å². The second-order valence-corrected chi connectivity index (χ2v) is 10.6. The molecule has 0 heterocycles. The van der Waals surface area contributed by atoms with Crippen LogP contribution in [0.4, 0.5) is 0 Å². The third-order valence-electron chi connectivity index (χ3n) is 6.79. The average Bonchev–Trinajstić information content (AvgIpc) is 2.90. The van der Waals surface area contributed by atoms with Crippen LogP contribution in [0.25, 0.3) is 0 Å². The predicted molar refractivity (Wildman–Crippen MR) is 157 cm³/mol. The Bertz CT molecular complexity index is 851. The summed E-state index contributed by atoms with van der Waals surface area (Å²) in [6.45, 7) is 13.5. The number of rotatable bonds is 20. The monoisotopic (exact) mass is 564 g/mol. The molecule has 0 aromatic carbocycles. The van der Waals surface area contributed by atoms with E-state index in [0.29, 0.717) is 25.7 Å². The van der Waals surface area contributed by atoms with E-state index >= 15 is 0 Å². The Morgan fingerprint density at radius 1 is 0.850 bits per heavy atom. The van der Waals surface area contributed by atoms with E-state index in [1.165, 1.54) is 6.08 Å². The summed E-state index contributed by atoms with van der Waals surface area (Å²) in [5.41, 5.74) is 1.80. The zero-order valence-electron chi connectivity index (χ0n) is 24.9. The molecule has 0 aliphatic rings. The number of unbranched alkanes of at least 4 members (excludes halogenated alkanes) is 1. The van der Waals surface area contributed by atoms with Crippen LogP contribution in [0.15, 0.2) is 60.3 Å². The number of carboxylic acids is 1. The van der Waals surface area contributed by atoms with Crippen molar-refractivity contribution in [2.75, 3.05) is 0 Å². The molecule has 8 heteroatoms. The van der Waals surface area contributed by atoms with Gasteiger partial charge in [0.1, 0.15) is 0 Å². The van der Waals surface area contributed by atoms with Crippen molar-refractivity contribution in [3.05, 3.63) is 60.3 Å². The molecule has 0 amide bonds. The zero-order valence-corrected chi connectivity index (χ0v) is 24.9. The molecule has 0 saturated carbocycles. The van der Waals surface area contributed by atoms with Crippen molar-refractivity contribution in [1.29, 1.82) is 0 Å². The summed E-state index contributed by atoms with van der Waals surface area (Å²) in [5.74, 6) is -1.23. The summed E-state index contributed by atoms with van der Waals surface area (Å²) in [6.07, 6.45) is 15.5. The summed E-state index contributed by atoms with van der Waals surface area (Å²) < 4.78 is 0. The molecule has 8 nitrogen and oxygen atoms in total. The molecule has 228 valence electrons. The van der Waals surface area contributed by atoms with Crippen molar-refractivity contribution in [1.82, 2.24) is 0 Å². The minimum Gasteiger partial charge on any atom is -0.478 e. The van der Waals surface area contributed by atoms with E-state index in [0.717, 1.165) is 42.9 Å². The highest BCUT2D eigenvalue weighted by Crippen LogP contribution is 2.24. The number of carbonyl (C=O) groups is 1. The number of carboxylic acid groups (broad SMARTS) is 1. The summed E-state index contributed by atoms with van der Waals surface area (Å²) in [7, 11) is 0. The Hall–Kier alpha value is -2.61. The lowest BCUT2D eigenvalue weighted by molar-refractivity contribution is -0.191. The van der Waals surface area contributed by atoms with E-state index in [1.807, 2.05) is 32.9 Å². The first-order valence-corrected chi connectivity index (χ1v) is 14.1. The second-order valence-electron chi connectivity index (χ2n) is 10.6. The van der Waals surface area contributed by atoms with Gasteiger partial charge in [-0.3, -0.25) is 0 Å². The highest BCUT2D eigenvalue weighted by atomic mass is 16.4. The molecule has 0 fully saturated rings. The van der Waals surface area contributed by atoms with Gasteiger partial charge in [-0.25, -0.2) is 4.79 Å². The molecule has 0 saturated heterocycles. The Balaban J connectivity index is 0. The smallest absolute Gasteiger partial charge is 0.373 e. The summed E-state index contributed by atoms with van der Waals surface area (Å²) in [4.78, 5) is 26.8. The second kappa shape index (κ2) is 24.2. The molecule has 0 aromatic rings. The minimum absolute atomic E-state index is 0.0226. The van der Waals surface area contributed by atoms with E-state index in [2.05, 4.69) is 13.5 Å². The van der Waals surface area contributed by atoms with Crippen LogP contribution in [0.2, 0.25) is 0 Å². The normalized spacial score (nSPS) is 17.5. The number of aliphatic hydroxyl groups is 4. The van der Waals surface area contributed by atoms with Crippen molar-refractivity contribution in [2.45, 2.75) is 110 Å². The quantitative estimate of drug-likeness (QED) is 0.101. The van der Waals surface area contributed by atoms with Gasteiger partial charge < -0.3 is 25.5 Å². The molecular weight excluding hydrogens is 512 g/mol. The van der Waals surface area contributed by atoms with Gasteiger partial charge in [0, 0.05) is 12.0 Å². The van der Waals surface area contributed by atoms with Crippen molar-refractivity contribution >= 4 is 12.1 Å². The summed E-state index contributed by atoms with van der Waals surface area (Å²) in [6, 6.07) is 0. The maximum Gasteiger partial charge on any atom is 0.373 e. The molecule has 0 aromatic heterocycles. The van der Waals surface area contributed by atoms with Gasteiger partial charge in [-0.15, -0.1) is 0 Å². The van der Waals surface area contributed by atoms with Crippen LogP contribution in [-0.2, 0) is 14.4 Å². The van der Waals surface area contributed by atoms with Gasteiger partial charge in [0.2, 0.25) is 0 Å². The zero-order chi connectivity index (χ0) is 31.1. The number of aliphatic carboxylic acids is 1. The molecule has 0 spiro atoms. The minimum atomic E-state index is -1.04. The first-order valence-electron chi connectivity index (χ1n) is 14.1. The predicted octanol–water partition coefficient (Wildman–Crippen LogP) is 5.15. The van der Waals surface area contributed by atoms with Crippen LogP contribution >= 0.6 is 0 Å². The number of hydrogen-bond acceptors (Lipinski definition) is 7. The van der Waals surface area contributed by atoms with E-state index in [9.17, 15) is 25.2 Å². The van der Waals surface area contributed by atoms with Gasteiger partial charge in [0.15, 0.2) is 0 Å². The molecule has 0 aliphatic carbocycles. The molecule has 7 unspecified atom stereocenters. The van der Waals surface area contributed by atoms with Gasteiger partial charge >= 0.3 is 12.1 Å². The first-order chi connectivity index (χ1) is 18.8. The maximum atomic E-state index is 10.6. The number of aliphatic hydroxyl groups excluding tert-OH is 4. The van der Waals surface area contributed by atoms with Gasteiger partial charge in [-0.1, -0.05) is 87.8 Å². The van der Waals surface area contributed by atoms with E-state index < -0.39 is 30.4 Å². The fourth-order valence-electron chi connectivity index (χ4n) is 3.95. The van der Waals surface area contributed by atoms with E-state index in [1.54, 1.807) is 25.2 Å². The molecule has 0 rings (SSSR count). The van der Waals surface area contributed by atoms with Crippen LogP contribution in [0.5, 0.6) is 0 Å². The molecule has 5 N–H and O–H groups in total. The van der Waals surface area contributed by atoms with Crippen molar-refractivity contribution < 1.29 is 39.9 Å². The number of carbonyl (C=O) groups excluding carboxylic acids is 2. The highest BCUT2D eigenvalue weighted by molar-refractivity contribution is 5.79. The van der Waals surface area contributed by atoms with Crippen molar-refractivity contribution in [2.24, 2.45) is 17.8 Å². The largest absolute Gasteiger partial charge is 0.478 e. The van der Waals surface area contributed by atoms with Gasteiger partial charge in [-0.2, -0.15) is 9.59 Å². The Kier molecular flexibility index (Phi) is 23.9.